The van der Waals surface area contributed by atoms with Gasteiger partial charge in [-0.05, 0) is 0 Å². The quantitative estimate of drug-likeness (QED) is 0.586. The first kappa shape index (κ1) is 8.73. The van der Waals surface area contributed by atoms with E-state index in [2.05, 4.69) is 43.7 Å². The molecule has 0 aromatic heterocycles. The van der Waals surface area contributed by atoms with E-state index in [1.807, 2.05) is 0 Å². The van der Waals surface area contributed by atoms with Crippen molar-refractivity contribution < 1.29 is 17.0 Å². The van der Waals surface area contributed by atoms with Crippen LogP contribution in [0.3, 0.4) is 0 Å². The second-order valence-electron chi connectivity index (χ2n) is 0.700. The molecule has 0 aromatic carbocycles. The maximum absolute atomic E-state index is 2.80. The van der Waals surface area contributed by atoms with E-state index in [4.69, 9.17) is 0 Å². The summed E-state index contributed by atoms with van der Waals surface area (Å²) in [6.45, 7) is 0.174. The van der Waals surface area contributed by atoms with Gasteiger partial charge in [0.05, 0.1) is 0 Å². The van der Waals surface area contributed by atoms with Gasteiger partial charge in [-0.15, -0.1) is 0 Å². The van der Waals surface area contributed by atoms with Gasteiger partial charge in [-0.2, -0.15) is 0 Å². The van der Waals surface area contributed by atoms with Crippen molar-refractivity contribution in [3.63, 3.8) is 0 Å². The molecule has 6 heteroatoms. The van der Waals surface area contributed by atoms with Gasteiger partial charge in [0.1, 0.15) is 0 Å². The molecule has 0 fully saturated rings. The standard InChI is InChI=1S/H6P5.V/c1-4-5(2)3;/h1-3H2;/q-1;+1. The van der Waals surface area contributed by atoms with Crippen molar-refractivity contribution in [2.24, 2.45) is 0 Å². The van der Waals surface area contributed by atoms with Crippen LogP contribution in [0.15, 0.2) is 0 Å². The Morgan fingerprint density at radius 3 is 1.33 bits per heavy atom. The second-order valence-corrected chi connectivity index (χ2v) is 21.0. The number of rotatable bonds is 1. The Balaban J connectivity index is 2.99. The van der Waals surface area contributed by atoms with Crippen LogP contribution in [-0.2, 0) is 17.0 Å². The molecule has 0 rings (SSSR count). The Morgan fingerprint density at radius 2 is 1.33 bits per heavy atom. The first-order chi connectivity index (χ1) is 2.64. The van der Waals surface area contributed by atoms with Crippen LogP contribution in [0.5, 0.6) is 0 Å². The van der Waals surface area contributed by atoms with Crippen LogP contribution in [0.1, 0.15) is 0 Å². The first-order valence-corrected chi connectivity index (χ1v) is 11.2. The molecular formula is H6P5V. The summed E-state index contributed by atoms with van der Waals surface area (Å²) in [6.07, 6.45) is 0. The van der Waals surface area contributed by atoms with E-state index in [1.165, 1.54) is 0 Å². The molecular weight excluding hydrogens is 206 g/mol. The van der Waals surface area contributed by atoms with Crippen molar-refractivity contribution in [2.75, 3.05) is 0 Å². The molecule has 0 heterocycles. The molecule has 0 spiro atoms. The van der Waals surface area contributed by atoms with Gasteiger partial charge in [0, 0.05) is 0 Å². The van der Waals surface area contributed by atoms with Gasteiger partial charge >= 0.3 is 56.5 Å². The number of hydrogen-bond acceptors (Lipinski definition) is 0. The molecule has 0 bridgehead atoms. The predicted molar refractivity (Wildman–Crippen MR) is 43.0 cm³/mol. The molecule has 36 valence electrons. The summed E-state index contributed by atoms with van der Waals surface area (Å²) in [4.78, 5) is 0. The van der Waals surface area contributed by atoms with E-state index in [0.29, 0.717) is 0 Å². The summed E-state index contributed by atoms with van der Waals surface area (Å²) in [5.41, 5.74) is 0. The summed E-state index contributed by atoms with van der Waals surface area (Å²) < 4.78 is 0. The molecule has 0 saturated heterocycles. The van der Waals surface area contributed by atoms with Gasteiger partial charge in [0.25, 0.3) is 0 Å². The van der Waals surface area contributed by atoms with Crippen LogP contribution in [0.25, 0.3) is 0 Å². The molecule has 0 aliphatic heterocycles. The van der Waals surface area contributed by atoms with Gasteiger partial charge in [-0.3, -0.25) is 0 Å². The van der Waals surface area contributed by atoms with Crippen LogP contribution >= 0.6 is 39.5 Å². The van der Waals surface area contributed by atoms with Crippen molar-refractivity contribution >= 4 is 39.5 Å². The van der Waals surface area contributed by atoms with Crippen LogP contribution in [0.2, 0.25) is 0 Å². The molecule has 0 aliphatic carbocycles. The Hall–Kier alpha value is 2.73. The zero-order valence-corrected chi connectivity index (χ0v) is 9.72. The van der Waals surface area contributed by atoms with E-state index >= 15 is 0 Å². The van der Waals surface area contributed by atoms with Gasteiger partial charge in [0.2, 0.25) is 0 Å². The average molecular weight is 212 g/mol. The van der Waals surface area contributed by atoms with Crippen LogP contribution in [0.4, 0.5) is 0 Å². The second kappa shape index (κ2) is 4.60. The average Bonchev–Trinajstić information content (AvgIpc) is 1.36. The molecule has 4 atom stereocenters. The molecule has 0 amide bonds. The fourth-order valence-electron chi connectivity index (χ4n) is 0. The fraction of sp³-hybridized carbons (Fsp3) is 0. The van der Waals surface area contributed by atoms with E-state index in [-0.39, 0.29) is 12.8 Å². The van der Waals surface area contributed by atoms with Gasteiger partial charge in [-0.25, -0.2) is 0 Å². The SMILES string of the molecule is PP(P)[P](P)[V]. The van der Waals surface area contributed by atoms with E-state index in [0.717, 1.165) is 0 Å². The minimum atomic E-state index is 0.174. The summed E-state index contributed by atoms with van der Waals surface area (Å²) in [7, 11) is 8.38. The van der Waals surface area contributed by atoms with Crippen LogP contribution < -0.4 is 0 Å². The monoisotopic (exact) mass is 212 g/mol. The van der Waals surface area contributed by atoms with Crippen molar-refractivity contribution in [1.82, 2.24) is 0 Å². The van der Waals surface area contributed by atoms with Crippen LogP contribution in [0, 0.1) is 0 Å². The molecule has 6 heavy (non-hydrogen) atoms. The molecule has 0 N–H and O–H groups in total. The molecule has 0 radical (unpaired) electrons. The fourth-order valence-corrected chi connectivity index (χ4v) is 0. The molecule has 0 saturated carbocycles. The van der Waals surface area contributed by atoms with Gasteiger partial charge in [0.15, 0.2) is 0 Å². The predicted octanol–water partition coefficient (Wildman–Crippen LogP) is 2.70. The number of hydrogen-bond donors (Lipinski definition) is 0. The molecule has 0 aromatic rings. The Kier molecular flexibility index (Phi) is 6.69. The molecule has 0 nitrogen and oxygen atoms in total. The van der Waals surface area contributed by atoms with E-state index in [9.17, 15) is 0 Å². The van der Waals surface area contributed by atoms with Crippen molar-refractivity contribution in [2.45, 2.75) is 0 Å². The molecule has 4 unspecified atom stereocenters. The third kappa shape index (κ3) is 4.88. The zero-order chi connectivity index (χ0) is 5.15. The zero-order valence-electron chi connectivity index (χ0n) is 3.07. The minimum absolute atomic E-state index is 0.174. The van der Waals surface area contributed by atoms with Gasteiger partial charge in [-0.1, -0.05) is 0 Å². The normalized spacial score (nSPS) is 15.3. The summed E-state index contributed by atoms with van der Waals surface area (Å²) in [6, 6.07) is 0. The summed E-state index contributed by atoms with van der Waals surface area (Å²) in [5.74, 6) is 0.185. The van der Waals surface area contributed by atoms with Crippen LogP contribution in [-0.4, -0.2) is 0 Å². The van der Waals surface area contributed by atoms with Crippen molar-refractivity contribution in [3.8, 4) is 0 Å². The van der Waals surface area contributed by atoms with E-state index < -0.39 is 0 Å². The first-order valence-electron chi connectivity index (χ1n) is 1.17. The van der Waals surface area contributed by atoms with Gasteiger partial charge < -0.3 is 0 Å². The topological polar surface area (TPSA) is 0 Å². The maximum atomic E-state index is 2.80. The summed E-state index contributed by atoms with van der Waals surface area (Å²) >= 11 is 2.65. The third-order valence-electron chi connectivity index (χ3n) is 0.237. The Bertz CT molecular complexity index is 24.9. The van der Waals surface area contributed by atoms with Crippen molar-refractivity contribution in [1.29, 1.82) is 0 Å². The molecule has 0 aliphatic rings. The van der Waals surface area contributed by atoms with E-state index in [1.54, 1.807) is 0 Å². The van der Waals surface area contributed by atoms with Crippen molar-refractivity contribution in [3.05, 3.63) is 0 Å². The summed E-state index contributed by atoms with van der Waals surface area (Å²) in [5, 5.41) is 0. The third-order valence-corrected chi connectivity index (χ3v) is 22.3. The Morgan fingerprint density at radius 1 is 1.17 bits per heavy atom. The Labute approximate surface area is 56.6 Å².